The number of carbonyl (C=O) groups excluding carboxylic acids is 9. The number of hydrogen-bond acceptors (Lipinski definition) is 32. The molecule has 0 spiro atoms. The molecule has 0 radical (unpaired) electrons. The molecule has 4 heterocycles. The number of nitrogens with one attached hydrogen (secondary N) is 3. The van der Waals surface area contributed by atoms with Crippen molar-refractivity contribution < 1.29 is 146 Å². The Morgan fingerprint density at radius 1 is 0.435 bits per heavy atom. The molecular weight excluding hydrogens is 1660 g/mol. The van der Waals surface area contributed by atoms with E-state index in [1.165, 1.54) is 21.6 Å². The Morgan fingerprint density at radius 2 is 0.831 bits per heavy atom. The summed E-state index contributed by atoms with van der Waals surface area (Å²) in [5.41, 5.74) is -0.680. The molecule has 34 nitrogen and oxygen atoms in total. The smallest absolute Gasteiger partial charge is 0.407 e. The first-order chi connectivity index (χ1) is 59.5. The van der Waals surface area contributed by atoms with Gasteiger partial charge in [-0.05, 0) is 135 Å². The number of hydrogen-bond donors (Lipinski definition) is 12. The van der Waals surface area contributed by atoms with Crippen LogP contribution in [0.15, 0.2) is 0 Å². The van der Waals surface area contributed by atoms with Crippen LogP contribution in [-0.2, 0) is 95.2 Å². The number of aliphatic hydroxyl groups excluding tert-OH is 9. The average molecular weight is 1810 g/mol. The van der Waals surface area contributed by atoms with Gasteiger partial charge in [0.05, 0.1) is 96.5 Å². The molecule has 0 aromatic carbocycles. The molecule has 4 aliphatic heterocycles. The molecule has 4 saturated heterocycles. The summed E-state index contributed by atoms with van der Waals surface area (Å²) in [6, 6.07) is -0.0450. The van der Waals surface area contributed by atoms with Crippen molar-refractivity contribution in [3.63, 3.8) is 0 Å². The number of unbranched alkanes of at least 4 members (excludes halogenated alkanes) is 13. The van der Waals surface area contributed by atoms with E-state index in [9.17, 15) is 89.1 Å². The standard InChI is InChI=1S/C88H156N4O30S2/c1-61-77(104)80(107)69(56-93)120-83(61)115-46-25-33-65(96)31-17-11-8-16-24-45-91-86(110)118-51-30-42-88(54-66(97)39-52-123-124-87(4,5)119-60-67(98)32-20-21-36-74(101)92-55-68(112-7)53-64(92)59-111-6,40-28-49-113-75(102)37-18-12-9-14-22-43-89-72(99)34-26-47-116-84-62(2)78(105)81(108)70(57-94)121-84)41-29-50-114-76(103)38-19-13-10-15-23-44-90-73(100)35-27-48-117-85-63(3)79(106)82(109)71(58-95)122-85/h61-64,68-71,77-85,93-95,104-109H,8-60H2,1-7H3,(H,89,99)(H,90,100)(H,91,110)/t61?,62?,63?,64-,68+,69?,70?,71?,77?,78?,79?,80?,81?,82?,83?,84?,85?,88?/m1/s1. The molecule has 15 unspecified atom stereocenters. The first kappa shape index (κ1) is 112. The first-order valence-electron chi connectivity index (χ1n) is 45.8. The minimum atomic E-state index is -1.23. The van der Waals surface area contributed by atoms with E-state index in [0.29, 0.717) is 154 Å². The molecule has 4 aliphatic rings. The summed E-state index contributed by atoms with van der Waals surface area (Å²) in [5.74, 6) is -2.06. The fourth-order valence-electron chi connectivity index (χ4n) is 15.7. The summed E-state index contributed by atoms with van der Waals surface area (Å²) in [4.78, 5) is 119. The van der Waals surface area contributed by atoms with Crippen molar-refractivity contribution in [3.8, 4) is 0 Å². The van der Waals surface area contributed by atoms with Crippen LogP contribution in [0.3, 0.4) is 0 Å². The number of likely N-dealkylation sites (tertiary alicyclic amines) is 1. The van der Waals surface area contributed by atoms with E-state index in [0.717, 1.165) is 77.0 Å². The van der Waals surface area contributed by atoms with Gasteiger partial charge >= 0.3 is 18.0 Å². The van der Waals surface area contributed by atoms with Crippen LogP contribution in [0.5, 0.6) is 0 Å². The molecule has 12 N–H and O–H groups in total. The normalized spacial score (nSPS) is 25.2. The van der Waals surface area contributed by atoms with Gasteiger partial charge in [-0.1, -0.05) is 100 Å². The lowest BCUT2D eigenvalue weighted by Crippen LogP contribution is -2.55. The Bertz CT molecular complexity index is 2740. The van der Waals surface area contributed by atoms with Gasteiger partial charge in [-0.25, -0.2) is 4.79 Å². The van der Waals surface area contributed by atoms with Gasteiger partial charge in [0.2, 0.25) is 17.7 Å². The SMILES string of the molecule is COC[C@H]1C[C@H](OC)CN1C(=O)CCCCC(=O)COC(C)(C)SSCCC(=O)CC(CCCOC(=O)CCCCCCCNC(=O)CCCOC1OC(CO)C(O)C(O)C1C)(CCCOC(=O)CCCCCCCNC(=O)CCCOC1OC(CO)C(O)C(O)C1C)CCCOC(=O)NCCCCCCCC(=O)CCCOC1OC(CO)C(O)C(O)C1C. The summed E-state index contributed by atoms with van der Waals surface area (Å²) in [7, 11) is 6.12. The highest BCUT2D eigenvalue weighted by Crippen LogP contribution is 2.42. The number of amides is 4. The fourth-order valence-corrected chi connectivity index (χ4v) is 18.0. The quantitative estimate of drug-likeness (QED) is 0.00925. The summed E-state index contributed by atoms with van der Waals surface area (Å²) in [6.07, 6.45) is 6.80. The van der Waals surface area contributed by atoms with Crippen LogP contribution < -0.4 is 16.0 Å². The first-order valence-corrected chi connectivity index (χ1v) is 48.1. The molecule has 124 heavy (non-hydrogen) atoms. The number of rotatable bonds is 72. The minimum absolute atomic E-state index is 0.0103. The van der Waals surface area contributed by atoms with Crippen molar-refractivity contribution in [2.45, 2.75) is 363 Å². The number of ketones is 3. The molecule has 4 amide bonds. The lowest BCUT2D eigenvalue weighted by molar-refractivity contribution is -0.282. The van der Waals surface area contributed by atoms with Crippen LogP contribution in [0.2, 0.25) is 0 Å². The Kier molecular flexibility index (Phi) is 58.9. The van der Waals surface area contributed by atoms with Gasteiger partial charge < -0.3 is 124 Å². The second kappa shape index (κ2) is 65.2. The molecule has 17 atom stereocenters. The molecule has 0 aliphatic carbocycles. The molecule has 4 rings (SSSR count). The third kappa shape index (κ3) is 45.9. The summed E-state index contributed by atoms with van der Waals surface area (Å²) in [5, 5.41) is 98.4. The van der Waals surface area contributed by atoms with Gasteiger partial charge in [-0.2, -0.15) is 0 Å². The Hall–Kier alpha value is -4.39. The van der Waals surface area contributed by atoms with Crippen molar-refractivity contribution in [2.75, 3.05) is 119 Å². The van der Waals surface area contributed by atoms with Crippen LogP contribution in [0.1, 0.15) is 272 Å². The molecule has 36 heteroatoms. The van der Waals surface area contributed by atoms with Crippen molar-refractivity contribution in [3.05, 3.63) is 0 Å². The Labute approximate surface area is 742 Å². The van der Waals surface area contributed by atoms with Crippen LogP contribution in [0, 0.1) is 23.2 Å². The minimum Gasteiger partial charge on any atom is -0.466 e. The number of aliphatic hydroxyl groups is 9. The van der Waals surface area contributed by atoms with Crippen molar-refractivity contribution in [2.24, 2.45) is 23.2 Å². The third-order valence-corrected chi connectivity index (χ3v) is 26.5. The monoisotopic (exact) mass is 1810 g/mol. The molecule has 0 aromatic rings. The Balaban J connectivity index is 1.28. The number of nitrogens with zero attached hydrogens (tertiary/aromatic N) is 1. The van der Waals surface area contributed by atoms with E-state index in [1.807, 2.05) is 18.7 Å². The van der Waals surface area contributed by atoms with Gasteiger partial charge in [-0.3, -0.25) is 38.4 Å². The van der Waals surface area contributed by atoms with Crippen LogP contribution in [-0.4, -0.2) is 314 Å². The summed E-state index contributed by atoms with van der Waals surface area (Å²) < 4.78 is 68.2. The molecule has 0 bridgehead atoms. The molecule has 0 aromatic heterocycles. The highest BCUT2D eigenvalue weighted by atomic mass is 33.1. The van der Waals surface area contributed by atoms with Gasteiger partial charge in [0, 0.05) is 128 Å². The largest absolute Gasteiger partial charge is 0.466 e. The lowest BCUT2D eigenvalue weighted by Gasteiger charge is -2.40. The van der Waals surface area contributed by atoms with Crippen LogP contribution in [0.4, 0.5) is 4.79 Å². The van der Waals surface area contributed by atoms with Crippen molar-refractivity contribution >= 4 is 74.7 Å². The predicted octanol–water partition coefficient (Wildman–Crippen LogP) is 7.44. The second-order valence-corrected chi connectivity index (χ2v) is 37.3. The zero-order chi connectivity index (χ0) is 91.1. The number of esters is 2. The second-order valence-electron chi connectivity index (χ2n) is 34.3. The molecule has 720 valence electrons. The summed E-state index contributed by atoms with van der Waals surface area (Å²) >= 11 is 0. The maximum atomic E-state index is 14.4. The lowest BCUT2D eigenvalue weighted by atomic mass is 9.71. The topological polar surface area (TPSA) is 486 Å². The van der Waals surface area contributed by atoms with Gasteiger partial charge in [0.25, 0.3) is 0 Å². The van der Waals surface area contributed by atoms with Gasteiger partial charge in [0.15, 0.2) is 24.7 Å². The zero-order valence-electron chi connectivity index (χ0n) is 75.2. The predicted molar refractivity (Wildman–Crippen MR) is 462 cm³/mol. The van der Waals surface area contributed by atoms with E-state index in [-0.39, 0.29) is 150 Å². The van der Waals surface area contributed by atoms with E-state index < -0.39 is 128 Å². The number of carbonyl (C=O) groups is 9. The number of Topliss-reactive ketones (excluding diaryl/α,β-unsaturated/α-hetero) is 3. The van der Waals surface area contributed by atoms with E-state index in [4.69, 9.17) is 56.8 Å². The number of alkyl carbamates (subject to hydrolysis) is 1. The van der Waals surface area contributed by atoms with Crippen molar-refractivity contribution in [1.82, 2.24) is 20.9 Å². The van der Waals surface area contributed by atoms with E-state index in [1.54, 1.807) is 35.0 Å². The van der Waals surface area contributed by atoms with E-state index >= 15 is 0 Å². The highest BCUT2D eigenvalue weighted by molar-refractivity contribution is 8.77. The fraction of sp³-hybridized carbons (Fsp3) is 0.898. The van der Waals surface area contributed by atoms with E-state index in [2.05, 4.69) is 16.0 Å². The van der Waals surface area contributed by atoms with Gasteiger partial charge in [0.1, 0.15) is 59.7 Å². The highest BCUT2D eigenvalue weighted by Gasteiger charge is 2.46. The van der Waals surface area contributed by atoms with Crippen molar-refractivity contribution in [1.29, 1.82) is 0 Å². The number of ether oxygens (including phenoxy) is 12. The number of methoxy groups -OCH3 is 2. The average Bonchev–Trinajstić information content (AvgIpc) is 1.17. The maximum Gasteiger partial charge on any atom is 0.407 e. The summed E-state index contributed by atoms with van der Waals surface area (Å²) in [6.45, 7) is 10.4. The molecule has 0 saturated carbocycles. The Morgan fingerprint density at radius 3 is 1.28 bits per heavy atom. The van der Waals surface area contributed by atoms with Crippen LogP contribution in [0.25, 0.3) is 0 Å². The third-order valence-electron chi connectivity index (χ3n) is 23.4. The van der Waals surface area contributed by atoms with Gasteiger partial charge in [-0.15, -0.1) is 0 Å². The maximum absolute atomic E-state index is 14.4. The van der Waals surface area contributed by atoms with Crippen LogP contribution >= 0.6 is 21.6 Å². The zero-order valence-corrected chi connectivity index (χ0v) is 76.8. The molecular formula is C88H156N4O30S2. The molecule has 4 fully saturated rings.